The maximum absolute atomic E-state index is 10.7. The highest BCUT2D eigenvalue weighted by atomic mass is 16.6. The van der Waals surface area contributed by atoms with Crippen LogP contribution in [0.15, 0.2) is 65.8 Å². The summed E-state index contributed by atoms with van der Waals surface area (Å²) in [5.74, 6) is 1.26. The first-order valence-electron chi connectivity index (χ1n) is 9.37. The van der Waals surface area contributed by atoms with Gasteiger partial charge in [-0.3, -0.25) is 15.5 Å². The van der Waals surface area contributed by atoms with Gasteiger partial charge in [-0.15, -0.1) is 0 Å². The van der Waals surface area contributed by atoms with Crippen LogP contribution in [0.2, 0.25) is 0 Å². The van der Waals surface area contributed by atoms with Crippen molar-refractivity contribution in [3.63, 3.8) is 0 Å². The molecule has 3 aromatic rings. The lowest BCUT2D eigenvalue weighted by Gasteiger charge is -2.13. The van der Waals surface area contributed by atoms with Gasteiger partial charge in [-0.25, -0.2) is 0 Å². The Hall–Kier alpha value is -3.87. The van der Waals surface area contributed by atoms with E-state index >= 15 is 0 Å². The Labute approximate surface area is 175 Å². The standard InChI is InChI=1S/C23H23N3O4/c1-16-4-5-17(2)19(12-16)15-30-22-11-6-18(13-23(22)29-3)14-24-25-20-7-9-21(10-8-20)26(27)28/h4-14,25H,15H2,1-3H3/b24-14+. The van der Waals surface area contributed by atoms with E-state index in [4.69, 9.17) is 9.47 Å². The molecule has 0 amide bonds. The lowest BCUT2D eigenvalue weighted by Crippen LogP contribution is -2.00. The summed E-state index contributed by atoms with van der Waals surface area (Å²) in [6, 6.07) is 17.9. The highest BCUT2D eigenvalue weighted by Crippen LogP contribution is 2.29. The van der Waals surface area contributed by atoms with E-state index in [9.17, 15) is 10.1 Å². The Morgan fingerprint density at radius 3 is 2.50 bits per heavy atom. The summed E-state index contributed by atoms with van der Waals surface area (Å²) in [4.78, 5) is 10.2. The molecule has 0 saturated heterocycles. The summed E-state index contributed by atoms with van der Waals surface area (Å²) in [5, 5.41) is 14.9. The van der Waals surface area contributed by atoms with Crippen LogP contribution in [0, 0.1) is 24.0 Å². The number of benzene rings is 3. The quantitative estimate of drug-likeness (QED) is 0.314. The number of hydrazone groups is 1. The van der Waals surface area contributed by atoms with Gasteiger partial charge in [0.1, 0.15) is 6.61 Å². The van der Waals surface area contributed by atoms with Crippen molar-refractivity contribution in [1.29, 1.82) is 0 Å². The van der Waals surface area contributed by atoms with E-state index in [2.05, 4.69) is 42.6 Å². The van der Waals surface area contributed by atoms with Crippen LogP contribution >= 0.6 is 0 Å². The van der Waals surface area contributed by atoms with Crippen molar-refractivity contribution in [3.8, 4) is 11.5 Å². The summed E-state index contributed by atoms with van der Waals surface area (Å²) < 4.78 is 11.4. The molecule has 3 aromatic carbocycles. The molecule has 0 heterocycles. The number of nitro benzene ring substituents is 1. The van der Waals surface area contributed by atoms with E-state index in [1.807, 2.05) is 18.2 Å². The number of nitrogens with one attached hydrogen (secondary N) is 1. The van der Waals surface area contributed by atoms with Crippen molar-refractivity contribution in [2.45, 2.75) is 20.5 Å². The predicted octanol–water partition coefficient (Wildman–Crippen LogP) is 5.25. The van der Waals surface area contributed by atoms with Gasteiger partial charge in [-0.05, 0) is 60.9 Å². The molecule has 0 fully saturated rings. The Morgan fingerprint density at radius 1 is 1.03 bits per heavy atom. The lowest BCUT2D eigenvalue weighted by atomic mass is 10.1. The molecule has 1 N–H and O–H groups in total. The zero-order valence-corrected chi connectivity index (χ0v) is 17.1. The molecule has 0 aliphatic rings. The average molecular weight is 405 g/mol. The molecule has 0 atom stereocenters. The summed E-state index contributed by atoms with van der Waals surface area (Å²) in [6.07, 6.45) is 1.64. The van der Waals surface area contributed by atoms with E-state index in [1.165, 1.54) is 23.3 Å². The second-order valence-electron chi connectivity index (χ2n) is 6.80. The first-order chi connectivity index (χ1) is 14.5. The molecule has 154 valence electrons. The zero-order valence-electron chi connectivity index (χ0n) is 17.1. The first kappa shape index (κ1) is 20.9. The Bertz CT molecular complexity index is 1060. The number of rotatable bonds is 8. The summed E-state index contributed by atoms with van der Waals surface area (Å²) >= 11 is 0. The fourth-order valence-electron chi connectivity index (χ4n) is 2.83. The van der Waals surface area contributed by atoms with Crippen molar-refractivity contribution in [1.82, 2.24) is 0 Å². The number of anilines is 1. The Balaban J connectivity index is 1.65. The van der Waals surface area contributed by atoms with Gasteiger partial charge in [0.2, 0.25) is 0 Å². The molecule has 3 rings (SSSR count). The van der Waals surface area contributed by atoms with E-state index < -0.39 is 4.92 Å². The monoisotopic (exact) mass is 405 g/mol. The van der Waals surface area contributed by atoms with Crippen LogP contribution in [0.4, 0.5) is 11.4 Å². The van der Waals surface area contributed by atoms with Crippen molar-refractivity contribution in [3.05, 3.63) is 93.0 Å². The molecule has 0 spiro atoms. The minimum atomic E-state index is -0.441. The molecule has 0 aliphatic heterocycles. The third-order valence-electron chi connectivity index (χ3n) is 4.56. The normalized spacial score (nSPS) is 10.8. The predicted molar refractivity (Wildman–Crippen MR) is 118 cm³/mol. The summed E-state index contributed by atoms with van der Waals surface area (Å²) in [7, 11) is 1.59. The largest absolute Gasteiger partial charge is 0.493 e. The van der Waals surface area contributed by atoms with Gasteiger partial charge in [-0.1, -0.05) is 23.8 Å². The van der Waals surface area contributed by atoms with Gasteiger partial charge in [0.05, 0.1) is 23.9 Å². The highest BCUT2D eigenvalue weighted by Gasteiger charge is 2.07. The summed E-state index contributed by atoms with van der Waals surface area (Å²) in [6.45, 7) is 4.58. The second kappa shape index (κ2) is 9.56. The maximum Gasteiger partial charge on any atom is 0.269 e. The van der Waals surface area contributed by atoms with Crippen molar-refractivity contribution >= 4 is 17.6 Å². The van der Waals surface area contributed by atoms with Crippen molar-refractivity contribution < 1.29 is 14.4 Å². The number of nitrogens with zero attached hydrogens (tertiary/aromatic N) is 2. The molecule has 0 unspecified atom stereocenters. The van der Waals surface area contributed by atoms with E-state index in [1.54, 1.807) is 25.5 Å². The second-order valence-corrected chi connectivity index (χ2v) is 6.80. The molecular formula is C23H23N3O4. The smallest absolute Gasteiger partial charge is 0.269 e. The van der Waals surface area contributed by atoms with Gasteiger partial charge in [0, 0.05) is 12.1 Å². The van der Waals surface area contributed by atoms with E-state index in [-0.39, 0.29) is 5.69 Å². The molecule has 0 bridgehead atoms. The maximum atomic E-state index is 10.7. The fourth-order valence-corrected chi connectivity index (χ4v) is 2.83. The van der Waals surface area contributed by atoms with E-state index in [0.29, 0.717) is 23.8 Å². The molecule has 30 heavy (non-hydrogen) atoms. The molecule has 0 aromatic heterocycles. The highest BCUT2D eigenvalue weighted by molar-refractivity contribution is 5.81. The minimum Gasteiger partial charge on any atom is -0.493 e. The number of non-ortho nitro benzene ring substituents is 1. The van der Waals surface area contributed by atoms with Gasteiger partial charge in [-0.2, -0.15) is 5.10 Å². The third kappa shape index (κ3) is 5.35. The topological polar surface area (TPSA) is 86.0 Å². The van der Waals surface area contributed by atoms with Gasteiger partial charge >= 0.3 is 0 Å². The summed E-state index contributed by atoms with van der Waals surface area (Å²) in [5.41, 5.74) is 7.86. The number of hydrogen-bond donors (Lipinski definition) is 1. The number of aryl methyl sites for hydroxylation is 2. The number of methoxy groups -OCH3 is 1. The van der Waals surface area contributed by atoms with Crippen molar-refractivity contribution in [2.24, 2.45) is 5.10 Å². The Morgan fingerprint density at radius 2 is 1.80 bits per heavy atom. The number of ether oxygens (including phenoxy) is 2. The molecular weight excluding hydrogens is 382 g/mol. The Kier molecular flexibility index (Phi) is 6.64. The molecule has 7 heteroatoms. The van der Waals surface area contributed by atoms with Crippen LogP contribution in [0.25, 0.3) is 0 Å². The zero-order chi connectivity index (χ0) is 21.5. The first-order valence-corrected chi connectivity index (χ1v) is 9.37. The molecule has 0 saturated carbocycles. The fraction of sp³-hybridized carbons (Fsp3) is 0.174. The van der Waals surface area contributed by atoms with Crippen LogP contribution in [0.3, 0.4) is 0 Å². The third-order valence-corrected chi connectivity index (χ3v) is 4.56. The number of hydrogen-bond acceptors (Lipinski definition) is 6. The van der Waals surface area contributed by atoms with Crippen LogP contribution in [0.5, 0.6) is 11.5 Å². The van der Waals surface area contributed by atoms with Gasteiger partial charge in [0.25, 0.3) is 5.69 Å². The van der Waals surface area contributed by atoms with Gasteiger partial charge < -0.3 is 9.47 Å². The van der Waals surface area contributed by atoms with Gasteiger partial charge in [0.15, 0.2) is 11.5 Å². The lowest BCUT2D eigenvalue weighted by molar-refractivity contribution is -0.384. The average Bonchev–Trinajstić information content (AvgIpc) is 2.75. The van der Waals surface area contributed by atoms with Crippen LogP contribution in [0.1, 0.15) is 22.3 Å². The SMILES string of the molecule is COc1cc(/C=N/Nc2ccc([N+](=O)[O-])cc2)ccc1OCc1cc(C)ccc1C. The number of nitro groups is 1. The van der Waals surface area contributed by atoms with E-state index in [0.717, 1.165) is 11.1 Å². The van der Waals surface area contributed by atoms with Crippen molar-refractivity contribution in [2.75, 3.05) is 12.5 Å². The molecule has 0 aliphatic carbocycles. The molecule has 7 nitrogen and oxygen atoms in total. The molecule has 0 radical (unpaired) electrons. The van der Waals surface area contributed by atoms with Crippen LogP contribution in [-0.4, -0.2) is 18.2 Å². The minimum absolute atomic E-state index is 0.0331. The van der Waals surface area contributed by atoms with Crippen LogP contribution in [-0.2, 0) is 6.61 Å². The van der Waals surface area contributed by atoms with Crippen LogP contribution < -0.4 is 14.9 Å².